The van der Waals surface area contributed by atoms with E-state index < -0.39 is 0 Å². The molecule has 6 heteroatoms. The van der Waals surface area contributed by atoms with Crippen LogP contribution in [0.3, 0.4) is 0 Å². The Morgan fingerprint density at radius 3 is 2.58 bits per heavy atom. The number of aliphatic hydroxyl groups excluding tert-OH is 1. The van der Waals surface area contributed by atoms with Gasteiger partial charge in [0, 0.05) is 18.0 Å². The van der Waals surface area contributed by atoms with E-state index in [0.29, 0.717) is 19.5 Å². The first-order chi connectivity index (χ1) is 8.84. The van der Waals surface area contributed by atoms with Crippen LogP contribution in [0, 0.1) is 19.3 Å². The number of hydrogen-bond donors (Lipinski definition) is 3. The van der Waals surface area contributed by atoms with Gasteiger partial charge in [-0.05, 0) is 25.7 Å². The molecule has 2 amide bonds. The number of hydrogen-bond acceptors (Lipinski definition) is 4. The largest absolute Gasteiger partial charge is 0.396 e. The summed E-state index contributed by atoms with van der Waals surface area (Å²) in [5.41, 5.74) is 0.881. The van der Waals surface area contributed by atoms with Gasteiger partial charge in [-0.25, -0.2) is 9.78 Å². The van der Waals surface area contributed by atoms with E-state index in [0.717, 1.165) is 15.6 Å². The molecule has 1 rings (SSSR count). The van der Waals surface area contributed by atoms with Crippen LogP contribution in [0.5, 0.6) is 0 Å². The SMILES string of the molecule is Cc1nc(C)c(CNC(=O)NCC(C)(C)CCO)s1. The van der Waals surface area contributed by atoms with E-state index >= 15 is 0 Å². The first-order valence-corrected chi connectivity index (χ1v) is 7.21. The van der Waals surface area contributed by atoms with Crippen molar-refractivity contribution in [3.8, 4) is 0 Å². The van der Waals surface area contributed by atoms with Crippen LogP contribution in [0.2, 0.25) is 0 Å². The average Bonchev–Trinajstić information content (AvgIpc) is 2.63. The summed E-state index contributed by atoms with van der Waals surface area (Å²) in [5.74, 6) is 0. The molecular formula is C13H23N3O2S. The maximum atomic E-state index is 11.7. The molecule has 1 heterocycles. The summed E-state index contributed by atoms with van der Waals surface area (Å²) in [6, 6.07) is -0.184. The molecule has 108 valence electrons. The number of carbonyl (C=O) groups excluding carboxylic acids is 1. The number of aliphatic hydroxyl groups is 1. The number of aromatic nitrogens is 1. The lowest BCUT2D eigenvalue weighted by molar-refractivity contribution is 0.201. The van der Waals surface area contributed by atoms with Crippen LogP contribution in [0.4, 0.5) is 4.79 Å². The lowest BCUT2D eigenvalue weighted by Crippen LogP contribution is -2.40. The molecule has 0 bridgehead atoms. The third kappa shape index (κ3) is 5.57. The van der Waals surface area contributed by atoms with Gasteiger partial charge in [-0.15, -0.1) is 11.3 Å². The van der Waals surface area contributed by atoms with E-state index in [-0.39, 0.29) is 18.1 Å². The van der Waals surface area contributed by atoms with E-state index in [9.17, 15) is 4.79 Å². The van der Waals surface area contributed by atoms with E-state index in [4.69, 9.17) is 5.11 Å². The van der Waals surface area contributed by atoms with E-state index in [1.165, 1.54) is 0 Å². The van der Waals surface area contributed by atoms with Crippen LogP contribution in [0.25, 0.3) is 0 Å². The number of nitrogens with zero attached hydrogens (tertiary/aromatic N) is 1. The second-order valence-electron chi connectivity index (χ2n) is 5.42. The molecule has 0 unspecified atom stereocenters. The van der Waals surface area contributed by atoms with Gasteiger partial charge in [0.2, 0.25) is 0 Å². The van der Waals surface area contributed by atoms with Gasteiger partial charge < -0.3 is 15.7 Å². The zero-order chi connectivity index (χ0) is 14.5. The first-order valence-electron chi connectivity index (χ1n) is 6.39. The number of aryl methyl sites for hydroxylation is 2. The number of nitrogens with one attached hydrogen (secondary N) is 2. The van der Waals surface area contributed by atoms with Gasteiger partial charge in [0.1, 0.15) is 0 Å². The second kappa shape index (κ2) is 6.86. The second-order valence-corrected chi connectivity index (χ2v) is 6.70. The number of carbonyl (C=O) groups is 1. The molecule has 0 aliphatic carbocycles. The zero-order valence-corrected chi connectivity index (χ0v) is 12.9. The summed E-state index contributed by atoms with van der Waals surface area (Å²) < 4.78 is 0. The van der Waals surface area contributed by atoms with E-state index in [2.05, 4.69) is 15.6 Å². The van der Waals surface area contributed by atoms with Gasteiger partial charge in [-0.3, -0.25) is 0 Å². The van der Waals surface area contributed by atoms with Crippen LogP contribution in [-0.2, 0) is 6.54 Å². The Morgan fingerprint density at radius 1 is 1.37 bits per heavy atom. The highest BCUT2D eigenvalue weighted by molar-refractivity contribution is 7.11. The minimum Gasteiger partial charge on any atom is -0.396 e. The lowest BCUT2D eigenvalue weighted by Gasteiger charge is -2.23. The minimum atomic E-state index is -0.184. The molecule has 5 nitrogen and oxygen atoms in total. The van der Waals surface area contributed by atoms with Gasteiger partial charge in [-0.2, -0.15) is 0 Å². The summed E-state index contributed by atoms with van der Waals surface area (Å²) in [6.07, 6.45) is 0.667. The highest BCUT2D eigenvalue weighted by Gasteiger charge is 2.18. The Kier molecular flexibility index (Phi) is 5.75. The molecule has 1 aromatic heterocycles. The van der Waals surface area contributed by atoms with Crippen molar-refractivity contribution in [2.24, 2.45) is 5.41 Å². The molecule has 1 aromatic rings. The first kappa shape index (κ1) is 15.9. The third-order valence-electron chi connectivity index (χ3n) is 2.93. The summed E-state index contributed by atoms with van der Waals surface area (Å²) in [4.78, 5) is 17.1. The van der Waals surface area contributed by atoms with Crippen LogP contribution in [0.1, 0.15) is 35.8 Å². The van der Waals surface area contributed by atoms with Crippen molar-refractivity contribution < 1.29 is 9.90 Å². The highest BCUT2D eigenvalue weighted by Crippen LogP contribution is 2.18. The van der Waals surface area contributed by atoms with Crippen molar-refractivity contribution in [2.75, 3.05) is 13.2 Å². The maximum Gasteiger partial charge on any atom is 0.315 e. The van der Waals surface area contributed by atoms with Crippen molar-refractivity contribution in [3.63, 3.8) is 0 Å². The van der Waals surface area contributed by atoms with E-state index in [1.807, 2.05) is 27.7 Å². The molecule has 0 aliphatic heterocycles. The zero-order valence-electron chi connectivity index (χ0n) is 12.0. The Bertz CT molecular complexity index is 430. The monoisotopic (exact) mass is 285 g/mol. The molecular weight excluding hydrogens is 262 g/mol. The molecule has 0 saturated heterocycles. The van der Waals surface area contributed by atoms with Crippen molar-refractivity contribution in [3.05, 3.63) is 15.6 Å². The summed E-state index contributed by atoms with van der Waals surface area (Å²) in [5, 5.41) is 15.6. The van der Waals surface area contributed by atoms with Gasteiger partial charge in [0.25, 0.3) is 0 Å². The van der Waals surface area contributed by atoms with Gasteiger partial charge >= 0.3 is 6.03 Å². The van der Waals surface area contributed by atoms with Crippen molar-refractivity contribution in [2.45, 2.75) is 40.7 Å². The summed E-state index contributed by atoms with van der Waals surface area (Å²) in [7, 11) is 0. The quantitative estimate of drug-likeness (QED) is 0.748. The standard InChI is InChI=1S/C13H23N3O2S/c1-9-11(19-10(2)16-9)7-14-12(18)15-8-13(3,4)5-6-17/h17H,5-8H2,1-4H3,(H2,14,15,18). The minimum absolute atomic E-state index is 0.0942. The van der Waals surface area contributed by atoms with Crippen molar-refractivity contribution >= 4 is 17.4 Å². The van der Waals surface area contributed by atoms with Crippen molar-refractivity contribution in [1.82, 2.24) is 15.6 Å². The Balaban J connectivity index is 2.34. The van der Waals surface area contributed by atoms with Gasteiger partial charge in [0.15, 0.2) is 0 Å². The predicted molar refractivity (Wildman–Crippen MR) is 77.3 cm³/mol. The summed E-state index contributed by atoms with van der Waals surface area (Å²) >= 11 is 1.60. The topological polar surface area (TPSA) is 74.2 Å². The molecule has 0 radical (unpaired) electrons. The average molecular weight is 285 g/mol. The lowest BCUT2D eigenvalue weighted by atomic mass is 9.90. The molecule has 3 N–H and O–H groups in total. The Hall–Kier alpha value is -1.14. The fraction of sp³-hybridized carbons (Fsp3) is 0.692. The normalized spacial score (nSPS) is 11.4. The molecule has 0 spiro atoms. The highest BCUT2D eigenvalue weighted by atomic mass is 32.1. The van der Waals surface area contributed by atoms with Crippen molar-refractivity contribution in [1.29, 1.82) is 0 Å². The number of urea groups is 1. The molecule has 0 saturated carbocycles. The number of amides is 2. The van der Waals surface area contributed by atoms with Gasteiger partial charge in [0.05, 0.1) is 17.2 Å². The summed E-state index contributed by atoms with van der Waals surface area (Å²) in [6.45, 7) is 9.11. The van der Waals surface area contributed by atoms with Crippen LogP contribution in [-0.4, -0.2) is 29.3 Å². The Labute approximate surface area is 118 Å². The molecule has 0 atom stereocenters. The smallest absolute Gasteiger partial charge is 0.315 e. The third-order valence-corrected chi connectivity index (χ3v) is 4.00. The molecule has 0 aliphatic rings. The van der Waals surface area contributed by atoms with Crippen LogP contribution >= 0.6 is 11.3 Å². The van der Waals surface area contributed by atoms with Crippen LogP contribution in [0.15, 0.2) is 0 Å². The molecule has 0 aromatic carbocycles. The Morgan fingerprint density at radius 2 is 2.05 bits per heavy atom. The fourth-order valence-corrected chi connectivity index (χ4v) is 2.55. The van der Waals surface area contributed by atoms with Crippen LogP contribution < -0.4 is 10.6 Å². The fourth-order valence-electron chi connectivity index (χ4n) is 1.67. The molecule has 0 fully saturated rings. The van der Waals surface area contributed by atoms with E-state index in [1.54, 1.807) is 11.3 Å². The molecule has 19 heavy (non-hydrogen) atoms. The maximum absolute atomic E-state index is 11.7. The number of rotatable bonds is 6. The van der Waals surface area contributed by atoms with Gasteiger partial charge in [-0.1, -0.05) is 13.8 Å². The number of thiazole rings is 1. The predicted octanol–water partition coefficient (Wildman–Crippen LogP) is 1.97.